The number of esters is 1. The molecule has 0 spiro atoms. The van der Waals surface area contributed by atoms with Gasteiger partial charge in [0.25, 0.3) is 5.91 Å². The number of carbonyl (C=O) groups is 3. The van der Waals surface area contributed by atoms with Crippen molar-refractivity contribution in [3.8, 4) is 5.75 Å². The number of hydrogen-bond acceptors (Lipinski definition) is 5. The van der Waals surface area contributed by atoms with Crippen LogP contribution in [-0.2, 0) is 14.3 Å². The topological polar surface area (TPSA) is 93.1 Å². The summed E-state index contributed by atoms with van der Waals surface area (Å²) in [7, 11) is 1.26. The number of carbonyl (C=O) groups excluding carboxylic acids is 2. The highest BCUT2D eigenvalue weighted by Crippen LogP contribution is 2.22. The number of methoxy groups -OCH3 is 1. The molecular formula is C15H17NO6. The Bertz CT molecular complexity index is 585. The zero-order valence-electron chi connectivity index (χ0n) is 12.2. The maximum Gasteiger partial charge on any atom is 0.343 e. The molecule has 2 rings (SSSR count). The van der Waals surface area contributed by atoms with E-state index in [1.165, 1.54) is 18.1 Å². The Morgan fingerprint density at radius 2 is 2.14 bits per heavy atom. The molecule has 0 aliphatic carbocycles. The fourth-order valence-corrected chi connectivity index (χ4v) is 2.35. The molecule has 1 N–H and O–H groups in total. The molecular weight excluding hydrogens is 290 g/mol. The number of aliphatic carboxylic acids is 1. The van der Waals surface area contributed by atoms with Gasteiger partial charge in [-0.1, -0.05) is 6.07 Å². The Hall–Kier alpha value is -2.57. The van der Waals surface area contributed by atoms with E-state index in [0.717, 1.165) is 0 Å². The molecule has 1 aromatic rings. The fraction of sp³-hybridized carbons (Fsp3) is 0.400. The molecule has 1 heterocycles. The lowest BCUT2D eigenvalue weighted by Crippen LogP contribution is -2.40. The molecule has 7 nitrogen and oxygen atoms in total. The van der Waals surface area contributed by atoms with Crippen LogP contribution in [0.5, 0.6) is 5.75 Å². The van der Waals surface area contributed by atoms with Gasteiger partial charge in [0.2, 0.25) is 0 Å². The van der Waals surface area contributed by atoms with Gasteiger partial charge in [-0.05, 0) is 31.0 Å². The van der Waals surface area contributed by atoms with Gasteiger partial charge in [0.15, 0.2) is 6.61 Å². The van der Waals surface area contributed by atoms with Gasteiger partial charge in [0.05, 0.1) is 7.11 Å². The smallest absolute Gasteiger partial charge is 0.343 e. The number of hydrogen-bond donors (Lipinski definition) is 1. The second-order valence-corrected chi connectivity index (χ2v) is 4.89. The van der Waals surface area contributed by atoms with Crippen LogP contribution in [0.4, 0.5) is 0 Å². The number of rotatable bonds is 5. The molecule has 1 amide bonds. The van der Waals surface area contributed by atoms with E-state index in [1.54, 1.807) is 18.2 Å². The van der Waals surface area contributed by atoms with Crippen LogP contribution in [0.3, 0.4) is 0 Å². The zero-order chi connectivity index (χ0) is 16.1. The van der Waals surface area contributed by atoms with Crippen LogP contribution in [0.1, 0.15) is 23.2 Å². The molecule has 1 aliphatic rings. The second-order valence-electron chi connectivity index (χ2n) is 4.89. The molecule has 0 unspecified atom stereocenters. The highest BCUT2D eigenvalue weighted by molar-refractivity contribution is 5.97. The van der Waals surface area contributed by atoms with E-state index in [-0.39, 0.29) is 12.5 Å². The van der Waals surface area contributed by atoms with Crippen LogP contribution in [-0.4, -0.2) is 54.2 Å². The van der Waals surface area contributed by atoms with Gasteiger partial charge in [-0.2, -0.15) is 0 Å². The maximum atomic E-state index is 12.4. The van der Waals surface area contributed by atoms with Crippen molar-refractivity contribution < 1.29 is 29.0 Å². The van der Waals surface area contributed by atoms with Crippen molar-refractivity contribution in [3.05, 3.63) is 29.8 Å². The summed E-state index contributed by atoms with van der Waals surface area (Å²) in [5.41, 5.74) is 0.329. The quantitative estimate of drug-likeness (QED) is 0.813. The lowest BCUT2D eigenvalue weighted by Gasteiger charge is -2.21. The van der Waals surface area contributed by atoms with Gasteiger partial charge in [0.1, 0.15) is 11.8 Å². The number of benzene rings is 1. The Morgan fingerprint density at radius 3 is 2.82 bits per heavy atom. The van der Waals surface area contributed by atoms with Crippen molar-refractivity contribution in [2.45, 2.75) is 18.9 Å². The van der Waals surface area contributed by atoms with Gasteiger partial charge in [-0.25, -0.2) is 9.59 Å². The Labute approximate surface area is 127 Å². The molecule has 7 heteroatoms. The molecule has 1 saturated heterocycles. The van der Waals surface area contributed by atoms with Crippen molar-refractivity contribution in [1.82, 2.24) is 4.90 Å². The second kappa shape index (κ2) is 6.93. The van der Waals surface area contributed by atoms with E-state index in [4.69, 9.17) is 9.84 Å². The van der Waals surface area contributed by atoms with E-state index < -0.39 is 18.0 Å². The highest BCUT2D eigenvalue weighted by Gasteiger charge is 2.34. The predicted molar refractivity (Wildman–Crippen MR) is 75.6 cm³/mol. The summed E-state index contributed by atoms with van der Waals surface area (Å²) in [5, 5.41) is 9.14. The van der Waals surface area contributed by atoms with Crippen molar-refractivity contribution in [2.75, 3.05) is 20.3 Å². The molecule has 0 saturated carbocycles. The zero-order valence-corrected chi connectivity index (χ0v) is 12.2. The molecule has 1 atom stereocenters. The van der Waals surface area contributed by atoms with E-state index in [9.17, 15) is 14.4 Å². The Balaban J connectivity index is 2.10. The molecule has 0 bridgehead atoms. The molecule has 22 heavy (non-hydrogen) atoms. The molecule has 1 fully saturated rings. The van der Waals surface area contributed by atoms with Crippen LogP contribution >= 0.6 is 0 Å². The molecule has 118 valence electrons. The van der Waals surface area contributed by atoms with Gasteiger partial charge in [0, 0.05) is 12.1 Å². The first-order valence-electron chi connectivity index (χ1n) is 6.86. The van der Waals surface area contributed by atoms with Crippen molar-refractivity contribution >= 4 is 17.8 Å². The summed E-state index contributed by atoms with van der Waals surface area (Å²) in [6, 6.07) is 5.52. The number of carboxylic acid groups (broad SMARTS) is 1. The maximum absolute atomic E-state index is 12.4. The first-order chi connectivity index (χ1) is 10.5. The molecule has 0 radical (unpaired) electrons. The minimum Gasteiger partial charge on any atom is -0.482 e. The average molecular weight is 307 g/mol. The first-order valence-corrected chi connectivity index (χ1v) is 6.86. The lowest BCUT2D eigenvalue weighted by atomic mass is 10.1. The third-order valence-electron chi connectivity index (χ3n) is 3.46. The SMILES string of the molecule is COC(=O)COc1cccc(C(=O)N2CCC[C@H]2C(=O)O)c1. The monoisotopic (exact) mass is 307 g/mol. The number of amides is 1. The number of carboxylic acids is 1. The summed E-state index contributed by atoms with van der Waals surface area (Å²) in [4.78, 5) is 36.0. The average Bonchev–Trinajstić information content (AvgIpc) is 3.02. The van der Waals surface area contributed by atoms with Gasteiger partial charge >= 0.3 is 11.9 Å². The standard InChI is InChI=1S/C15H17NO6/c1-21-13(17)9-22-11-5-2-4-10(8-11)14(18)16-7-3-6-12(16)15(19)20/h2,4-5,8,12H,3,6-7,9H2,1H3,(H,19,20)/t12-/m0/s1. The molecule has 1 aliphatic heterocycles. The first kappa shape index (κ1) is 15.8. The largest absolute Gasteiger partial charge is 0.482 e. The summed E-state index contributed by atoms with van der Waals surface area (Å²) < 4.78 is 9.69. The summed E-state index contributed by atoms with van der Waals surface area (Å²) in [5.74, 6) is -1.53. The van der Waals surface area contributed by atoms with Gasteiger partial charge in [-0.3, -0.25) is 4.79 Å². The van der Waals surface area contributed by atoms with Gasteiger partial charge in [-0.15, -0.1) is 0 Å². The van der Waals surface area contributed by atoms with Crippen LogP contribution in [0.25, 0.3) is 0 Å². The fourth-order valence-electron chi connectivity index (χ4n) is 2.35. The molecule has 0 aromatic heterocycles. The van der Waals surface area contributed by atoms with Crippen LogP contribution in [0.15, 0.2) is 24.3 Å². The minimum atomic E-state index is -0.996. The van der Waals surface area contributed by atoms with Crippen LogP contribution < -0.4 is 4.74 Å². The van der Waals surface area contributed by atoms with Crippen molar-refractivity contribution in [2.24, 2.45) is 0 Å². The van der Waals surface area contributed by atoms with Crippen LogP contribution in [0, 0.1) is 0 Å². The number of nitrogens with zero attached hydrogens (tertiary/aromatic N) is 1. The summed E-state index contributed by atoms with van der Waals surface area (Å²) >= 11 is 0. The predicted octanol–water partition coefficient (Wildman–Crippen LogP) is 0.928. The third kappa shape index (κ3) is 3.55. The van der Waals surface area contributed by atoms with E-state index >= 15 is 0 Å². The van der Waals surface area contributed by atoms with Crippen molar-refractivity contribution in [3.63, 3.8) is 0 Å². The lowest BCUT2D eigenvalue weighted by molar-refractivity contribution is -0.143. The summed E-state index contributed by atoms with van der Waals surface area (Å²) in [6.45, 7) is 0.165. The van der Waals surface area contributed by atoms with E-state index in [1.807, 2.05) is 0 Å². The van der Waals surface area contributed by atoms with Crippen LogP contribution in [0.2, 0.25) is 0 Å². The Morgan fingerprint density at radius 1 is 1.36 bits per heavy atom. The highest BCUT2D eigenvalue weighted by atomic mass is 16.6. The number of likely N-dealkylation sites (tertiary alicyclic amines) is 1. The van der Waals surface area contributed by atoms with Crippen molar-refractivity contribution in [1.29, 1.82) is 0 Å². The van der Waals surface area contributed by atoms with Gasteiger partial charge < -0.3 is 19.5 Å². The number of ether oxygens (including phenoxy) is 2. The Kier molecular flexibility index (Phi) is 4.98. The third-order valence-corrected chi connectivity index (χ3v) is 3.46. The van der Waals surface area contributed by atoms with E-state index in [0.29, 0.717) is 30.7 Å². The molecule has 1 aromatic carbocycles. The minimum absolute atomic E-state index is 0.254. The summed E-state index contributed by atoms with van der Waals surface area (Å²) in [6.07, 6.45) is 1.13. The normalized spacial score (nSPS) is 17.1. The van der Waals surface area contributed by atoms with E-state index in [2.05, 4.69) is 4.74 Å².